The molecule has 7 heteroatoms. The third-order valence-corrected chi connectivity index (χ3v) is 4.64. The molecule has 1 aliphatic heterocycles. The van der Waals surface area contributed by atoms with Crippen LogP contribution >= 0.6 is 15.9 Å². The molecule has 0 aliphatic carbocycles. The smallest absolute Gasteiger partial charge is 0.435 e. The number of carbonyl (C=O) groups excluding carboxylic acids is 1. The first-order valence-corrected chi connectivity index (χ1v) is 9.04. The Labute approximate surface area is 158 Å². The number of halogens is 1. The van der Waals surface area contributed by atoms with Crippen molar-refractivity contribution >= 4 is 27.7 Å². The average Bonchev–Trinajstić information content (AvgIpc) is 3.00. The molecule has 0 atom stereocenters. The van der Waals surface area contributed by atoms with Crippen LogP contribution in [-0.4, -0.2) is 28.2 Å². The molecule has 0 amide bonds. The lowest BCUT2D eigenvalue weighted by molar-refractivity contribution is -0.604. The van der Waals surface area contributed by atoms with E-state index in [1.165, 1.54) is 4.68 Å². The monoisotopic (exact) mass is 411 g/mol. The summed E-state index contributed by atoms with van der Waals surface area (Å²) in [6.45, 7) is 2.38. The van der Waals surface area contributed by atoms with Crippen molar-refractivity contribution in [3.63, 3.8) is 0 Å². The minimum absolute atomic E-state index is 0.292. The van der Waals surface area contributed by atoms with Crippen LogP contribution in [-0.2, 0) is 11.3 Å². The maximum atomic E-state index is 12.2. The Kier molecular flexibility index (Phi) is 4.38. The average molecular weight is 412 g/mol. The molecule has 0 bridgehead atoms. The number of aromatic nitrogens is 3. The highest BCUT2D eigenvalue weighted by Crippen LogP contribution is 2.23. The van der Waals surface area contributed by atoms with Crippen LogP contribution in [0.4, 0.5) is 4.79 Å². The van der Waals surface area contributed by atoms with E-state index in [1.807, 2.05) is 53.1 Å². The molecule has 1 aliphatic rings. The van der Waals surface area contributed by atoms with Gasteiger partial charge in [-0.25, -0.2) is 4.79 Å². The highest BCUT2D eigenvalue weighted by atomic mass is 79.9. The number of benzene rings is 2. The second-order valence-electron chi connectivity index (χ2n) is 5.72. The molecule has 3 aromatic rings. The summed E-state index contributed by atoms with van der Waals surface area (Å²) in [5, 5.41) is 4.20. The minimum atomic E-state index is -0.502. The van der Waals surface area contributed by atoms with Gasteiger partial charge in [0, 0.05) is 20.7 Å². The highest BCUT2D eigenvalue weighted by molar-refractivity contribution is 9.10. The van der Waals surface area contributed by atoms with Gasteiger partial charge in [-0.15, -0.1) is 0 Å². The quantitative estimate of drug-likeness (QED) is 0.607. The fourth-order valence-electron chi connectivity index (χ4n) is 3.01. The fraction of sp³-hybridized carbons (Fsp3) is 0.158. The molecule has 130 valence electrons. The predicted molar refractivity (Wildman–Crippen MR) is 99.7 cm³/mol. The summed E-state index contributed by atoms with van der Waals surface area (Å²) in [6.07, 6.45) is 1.13. The number of ether oxygens (including phenoxy) is 1. The van der Waals surface area contributed by atoms with Crippen LogP contribution < -0.4 is 4.57 Å². The highest BCUT2D eigenvalue weighted by Gasteiger charge is 2.31. The second-order valence-corrected chi connectivity index (χ2v) is 6.64. The van der Waals surface area contributed by atoms with Crippen LogP contribution in [0.5, 0.6) is 0 Å². The van der Waals surface area contributed by atoms with Crippen LogP contribution in [0.2, 0.25) is 0 Å². The number of carbonyl (C=O) groups is 1. The first-order chi connectivity index (χ1) is 12.7. The molecule has 0 N–H and O–H groups in total. The van der Waals surface area contributed by atoms with Gasteiger partial charge < -0.3 is 4.74 Å². The number of hydrogen-bond donors (Lipinski definition) is 0. The van der Waals surface area contributed by atoms with Gasteiger partial charge in [-0.2, -0.15) is 4.57 Å². The first kappa shape index (κ1) is 16.7. The molecule has 0 fully saturated rings. The van der Waals surface area contributed by atoms with Gasteiger partial charge in [0.2, 0.25) is 0 Å². The fourth-order valence-corrected chi connectivity index (χ4v) is 3.37. The van der Waals surface area contributed by atoms with E-state index in [1.54, 1.807) is 13.3 Å². The summed E-state index contributed by atoms with van der Waals surface area (Å²) in [7, 11) is 0. The molecule has 0 radical (unpaired) electrons. The van der Waals surface area contributed by atoms with Crippen LogP contribution in [0, 0.1) is 0 Å². The summed E-state index contributed by atoms with van der Waals surface area (Å²) in [5.74, 6) is 0.651. The minimum Gasteiger partial charge on any atom is -0.435 e. The Balaban J connectivity index is 1.92. The standard InChI is InChI=1S/C19H16BrN4O2/c1-2-26-19(25)24-17-11-21-18(13-6-4-3-5-7-13)15-10-14(20)8-9-16(15)23(17)12-22-24/h3-10,12H,2,11H2,1H3/q+1. The lowest BCUT2D eigenvalue weighted by Crippen LogP contribution is -2.36. The van der Waals surface area contributed by atoms with Gasteiger partial charge in [0.25, 0.3) is 12.2 Å². The van der Waals surface area contributed by atoms with E-state index in [-0.39, 0.29) is 0 Å². The number of hydrogen-bond acceptors (Lipinski definition) is 4. The number of rotatable bonds is 2. The van der Waals surface area contributed by atoms with Crippen LogP contribution in [0.1, 0.15) is 23.9 Å². The number of fused-ring (bicyclic) bond motifs is 3. The molecule has 2 heterocycles. The first-order valence-electron chi connectivity index (χ1n) is 8.25. The van der Waals surface area contributed by atoms with E-state index in [0.29, 0.717) is 19.0 Å². The Morgan fingerprint density at radius 3 is 2.85 bits per heavy atom. The lowest BCUT2D eigenvalue weighted by atomic mass is 10.0. The molecule has 6 nitrogen and oxygen atoms in total. The Morgan fingerprint density at radius 2 is 2.08 bits per heavy atom. The molecule has 0 saturated carbocycles. The summed E-state index contributed by atoms with van der Waals surface area (Å²) >= 11 is 3.55. The summed E-state index contributed by atoms with van der Waals surface area (Å²) in [4.78, 5) is 17.0. The van der Waals surface area contributed by atoms with Crippen molar-refractivity contribution in [1.82, 2.24) is 9.78 Å². The van der Waals surface area contributed by atoms with Crippen molar-refractivity contribution in [1.29, 1.82) is 0 Å². The van der Waals surface area contributed by atoms with Gasteiger partial charge >= 0.3 is 6.09 Å². The zero-order valence-corrected chi connectivity index (χ0v) is 15.7. The molecular weight excluding hydrogens is 396 g/mol. The van der Waals surface area contributed by atoms with Gasteiger partial charge in [-0.05, 0) is 29.8 Å². The predicted octanol–water partition coefficient (Wildman–Crippen LogP) is 3.28. The Bertz CT molecular complexity index is 1010. The van der Waals surface area contributed by atoms with E-state index in [9.17, 15) is 4.79 Å². The molecule has 0 saturated heterocycles. The van der Waals surface area contributed by atoms with Gasteiger partial charge in [-0.3, -0.25) is 4.99 Å². The molecule has 26 heavy (non-hydrogen) atoms. The molecule has 0 unspecified atom stereocenters. The maximum absolute atomic E-state index is 12.2. The third kappa shape index (κ3) is 2.84. The third-order valence-electron chi connectivity index (χ3n) is 4.14. The van der Waals surface area contributed by atoms with Crippen LogP contribution in [0.15, 0.2) is 64.3 Å². The van der Waals surface area contributed by atoms with Gasteiger partial charge in [-0.1, -0.05) is 46.3 Å². The van der Waals surface area contributed by atoms with E-state index in [4.69, 9.17) is 9.73 Å². The van der Waals surface area contributed by atoms with Gasteiger partial charge in [0.1, 0.15) is 12.2 Å². The maximum Gasteiger partial charge on any atom is 0.513 e. The van der Waals surface area contributed by atoms with Crippen LogP contribution in [0.3, 0.4) is 0 Å². The van der Waals surface area contributed by atoms with Crippen molar-refractivity contribution in [2.45, 2.75) is 13.5 Å². The van der Waals surface area contributed by atoms with E-state index in [2.05, 4.69) is 21.0 Å². The largest absolute Gasteiger partial charge is 0.513 e. The molecule has 2 aromatic carbocycles. The molecule has 1 aromatic heterocycles. The second kappa shape index (κ2) is 6.84. The van der Waals surface area contributed by atoms with Gasteiger partial charge in [0.05, 0.1) is 12.3 Å². The van der Waals surface area contributed by atoms with Crippen molar-refractivity contribution in [3.05, 3.63) is 76.3 Å². The molecular formula is C19H16BrN4O2+. The normalized spacial score (nSPS) is 12.6. The molecule has 4 rings (SSSR count). The summed E-state index contributed by atoms with van der Waals surface area (Å²) < 4.78 is 9.22. The van der Waals surface area contributed by atoms with Crippen molar-refractivity contribution < 1.29 is 14.1 Å². The van der Waals surface area contributed by atoms with E-state index in [0.717, 1.165) is 27.0 Å². The Morgan fingerprint density at radius 1 is 1.27 bits per heavy atom. The number of nitrogens with zero attached hydrogens (tertiary/aromatic N) is 4. The molecule has 0 spiro atoms. The zero-order valence-electron chi connectivity index (χ0n) is 14.1. The number of aliphatic imine (C=N–C) groups is 1. The summed E-state index contributed by atoms with van der Waals surface area (Å²) in [5.41, 5.74) is 3.78. The van der Waals surface area contributed by atoms with E-state index < -0.39 is 6.09 Å². The van der Waals surface area contributed by atoms with Crippen molar-refractivity contribution in [2.75, 3.05) is 6.61 Å². The SMILES string of the molecule is CCOC(=O)n1nc[n+]2c1CN=C(c1ccccc1)c1cc(Br)ccc1-2. The topological polar surface area (TPSA) is 60.4 Å². The lowest BCUT2D eigenvalue weighted by Gasteiger charge is -2.09. The van der Waals surface area contributed by atoms with Gasteiger partial charge in [0.15, 0.2) is 0 Å². The van der Waals surface area contributed by atoms with Crippen molar-refractivity contribution in [3.8, 4) is 5.69 Å². The van der Waals surface area contributed by atoms with Crippen LogP contribution in [0.25, 0.3) is 5.69 Å². The summed E-state index contributed by atoms with van der Waals surface area (Å²) in [6, 6.07) is 16.0. The zero-order chi connectivity index (χ0) is 18.1. The van der Waals surface area contributed by atoms with Crippen molar-refractivity contribution in [2.24, 2.45) is 4.99 Å². The Hall–Kier alpha value is -2.80. The van der Waals surface area contributed by atoms with E-state index >= 15 is 0 Å².